The molecule has 0 aliphatic heterocycles. The van der Waals surface area contributed by atoms with Gasteiger partial charge in [0.2, 0.25) is 0 Å². The molecule has 0 fully saturated rings. The molecule has 0 aliphatic carbocycles. The maximum absolute atomic E-state index is 5.92. The van der Waals surface area contributed by atoms with Crippen molar-refractivity contribution in [1.82, 2.24) is 4.90 Å². The summed E-state index contributed by atoms with van der Waals surface area (Å²) in [6.45, 7) is 8.91. The van der Waals surface area contributed by atoms with Crippen molar-refractivity contribution in [2.45, 2.75) is 19.9 Å². The van der Waals surface area contributed by atoms with E-state index in [-0.39, 0.29) is 6.04 Å². The lowest BCUT2D eigenvalue weighted by Gasteiger charge is -2.29. The van der Waals surface area contributed by atoms with E-state index < -0.39 is 0 Å². The molecule has 0 amide bonds. The lowest BCUT2D eigenvalue weighted by atomic mass is 10.2. The van der Waals surface area contributed by atoms with Crippen LogP contribution in [0.5, 0.6) is 0 Å². The Morgan fingerprint density at radius 3 is 2.20 bits per heavy atom. The van der Waals surface area contributed by atoms with Crippen molar-refractivity contribution < 1.29 is 13.9 Å². The first-order chi connectivity index (χ1) is 9.72. The van der Waals surface area contributed by atoms with E-state index in [4.69, 9.17) is 19.6 Å². The predicted molar refractivity (Wildman–Crippen MR) is 82.8 cm³/mol. The molecule has 0 saturated heterocycles. The maximum Gasteiger partial charge on any atom is 0.169 e. The van der Waals surface area contributed by atoms with E-state index in [0.29, 0.717) is 19.8 Å². The van der Waals surface area contributed by atoms with Crippen LogP contribution in [0.15, 0.2) is 21.2 Å². The maximum atomic E-state index is 5.92. The van der Waals surface area contributed by atoms with Crippen LogP contribution in [0.1, 0.15) is 25.6 Å². The molecule has 1 atom stereocenters. The highest BCUT2D eigenvalue weighted by molar-refractivity contribution is 9.10. The monoisotopic (exact) mass is 348 g/mol. The fraction of sp³-hybridized carbons (Fsp3) is 0.714. The summed E-state index contributed by atoms with van der Waals surface area (Å²) < 4.78 is 17.3. The number of hydrogen-bond donors (Lipinski definition) is 1. The van der Waals surface area contributed by atoms with Crippen LogP contribution < -0.4 is 5.73 Å². The van der Waals surface area contributed by atoms with E-state index in [1.165, 1.54) is 0 Å². The molecule has 6 heteroatoms. The van der Waals surface area contributed by atoms with Gasteiger partial charge in [0.05, 0.1) is 19.3 Å². The second-order valence-corrected chi connectivity index (χ2v) is 5.10. The Morgan fingerprint density at radius 2 is 1.80 bits per heavy atom. The van der Waals surface area contributed by atoms with E-state index in [1.54, 1.807) is 0 Å². The van der Waals surface area contributed by atoms with Gasteiger partial charge in [-0.25, -0.2) is 0 Å². The topological polar surface area (TPSA) is 60.9 Å². The summed E-state index contributed by atoms with van der Waals surface area (Å²) in [4.78, 5) is 2.25. The lowest BCUT2D eigenvalue weighted by molar-refractivity contribution is 0.0589. The number of furan rings is 1. The average Bonchev–Trinajstić information content (AvgIpc) is 2.86. The minimum Gasteiger partial charge on any atom is -0.453 e. The van der Waals surface area contributed by atoms with Gasteiger partial charge in [0.15, 0.2) is 4.67 Å². The van der Waals surface area contributed by atoms with E-state index in [1.807, 2.05) is 26.0 Å². The number of nitrogens with two attached hydrogens (primary N) is 1. The zero-order valence-corrected chi connectivity index (χ0v) is 13.9. The van der Waals surface area contributed by atoms with Gasteiger partial charge in [-0.05, 0) is 41.9 Å². The summed E-state index contributed by atoms with van der Waals surface area (Å²) in [6, 6.07) is 3.89. The van der Waals surface area contributed by atoms with Crippen LogP contribution in [-0.4, -0.2) is 51.0 Å². The van der Waals surface area contributed by atoms with Crippen molar-refractivity contribution in [3.63, 3.8) is 0 Å². The molecule has 0 bridgehead atoms. The molecule has 0 radical (unpaired) electrons. The third kappa shape index (κ3) is 5.93. The van der Waals surface area contributed by atoms with Crippen molar-refractivity contribution in [3.8, 4) is 0 Å². The highest BCUT2D eigenvalue weighted by Crippen LogP contribution is 2.24. The third-order valence-electron chi connectivity index (χ3n) is 3.04. The first-order valence-corrected chi connectivity index (χ1v) is 7.87. The van der Waals surface area contributed by atoms with Crippen LogP contribution in [-0.2, 0) is 9.47 Å². The van der Waals surface area contributed by atoms with E-state index in [2.05, 4.69) is 20.8 Å². The van der Waals surface area contributed by atoms with Crippen molar-refractivity contribution in [1.29, 1.82) is 0 Å². The summed E-state index contributed by atoms with van der Waals surface area (Å²) >= 11 is 3.33. The van der Waals surface area contributed by atoms with E-state index >= 15 is 0 Å². The molecule has 0 saturated carbocycles. The smallest absolute Gasteiger partial charge is 0.169 e. The molecule has 5 nitrogen and oxygen atoms in total. The molecule has 116 valence electrons. The van der Waals surface area contributed by atoms with Crippen LogP contribution in [0, 0.1) is 0 Å². The zero-order chi connectivity index (χ0) is 14.8. The largest absolute Gasteiger partial charge is 0.453 e. The van der Waals surface area contributed by atoms with Gasteiger partial charge in [0.1, 0.15) is 5.76 Å². The normalized spacial score (nSPS) is 13.1. The molecule has 1 unspecified atom stereocenters. The Hall–Kier alpha value is -0.400. The van der Waals surface area contributed by atoms with E-state index in [0.717, 1.165) is 36.7 Å². The standard InChI is InChI=1S/C14H25BrN2O3/c1-3-18-9-7-17(8-10-19-4-2)12(11-16)13-5-6-14(15)20-13/h5-6,12H,3-4,7-11,16H2,1-2H3. The summed E-state index contributed by atoms with van der Waals surface area (Å²) in [7, 11) is 0. The van der Waals surface area contributed by atoms with Crippen LogP contribution in [0.25, 0.3) is 0 Å². The van der Waals surface area contributed by atoms with Crippen LogP contribution in [0.4, 0.5) is 0 Å². The number of ether oxygens (including phenoxy) is 2. The first kappa shape index (κ1) is 17.7. The fourth-order valence-corrected chi connectivity index (χ4v) is 2.35. The van der Waals surface area contributed by atoms with Gasteiger partial charge < -0.3 is 19.6 Å². The molecule has 0 spiro atoms. The number of nitrogens with zero attached hydrogens (tertiary/aromatic N) is 1. The Bertz CT molecular complexity index is 350. The Balaban J connectivity index is 2.65. The Morgan fingerprint density at radius 1 is 1.20 bits per heavy atom. The summed E-state index contributed by atoms with van der Waals surface area (Å²) in [5, 5.41) is 0. The minimum atomic E-state index is 0.0437. The van der Waals surface area contributed by atoms with Gasteiger partial charge in [-0.2, -0.15) is 0 Å². The summed E-state index contributed by atoms with van der Waals surface area (Å²) in [5.41, 5.74) is 5.92. The Kier molecular flexibility index (Phi) is 9.13. The molecule has 2 N–H and O–H groups in total. The van der Waals surface area contributed by atoms with Gasteiger partial charge in [-0.1, -0.05) is 0 Å². The van der Waals surface area contributed by atoms with Crippen LogP contribution in [0.3, 0.4) is 0 Å². The number of hydrogen-bond acceptors (Lipinski definition) is 5. The SMILES string of the molecule is CCOCCN(CCOCC)C(CN)c1ccc(Br)o1. The van der Waals surface area contributed by atoms with Gasteiger partial charge in [-0.15, -0.1) is 0 Å². The minimum absolute atomic E-state index is 0.0437. The molecule has 1 rings (SSSR count). The van der Waals surface area contributed by atoms with Gasteiger partial charge in [0.25, 0.3) is 0 Å². The van der Waals surface area contributed by atoms with Gasteiger partial charge >= 0.3 is 0 Å². The van der Waals surface area contributed by atoms with Gasteiger partial charge in [0, 0.05) is 32.8 Å². The Labute approximate surface area is 129 Å². The van der Waals surface area contributed by atoms with Crippen LogP contribution in [0.2, 0.25) is 0 Å². The molecule has 1 aromatic heterocycles. The second kappa shape index (κ2) is 10.3. The predicted octanol–water partition coefficient (Wildman–Crippen LogP) is 2.42. The number of rotatable bonds is 11. The van der Waals surface area contributed by atoms with E-state index in [9.17, 15) is 0 Å². The van der Waals surface area contributed by atoms with Crippen molar-refractivity contribution in [3.05, 3.63) is 22.6 Å². The highest BCUT2D eigenvalue weighted by Gasteiger charge is 2.21. The lowest BCUT2D eigenvalue weighted by Crippen LogP contribution is -2.38. The van der Waals surface area contributed by atoms with Crippen molar-refractivity contribution in [2.24, 2.45) is 5.73 Å². The van der Waals surface area contributed by atoms with Crippen LogP contribution >= 0.6 is 15.9 Å². The highest BCUT2D eigenvalue weighted by atomic mass is 79.9. The van der Waals surface area contributed by atoms with Crippen molar-refractivity contribution in [2.75, 3.05) is 46.1 Å². The fourth-order valence-electron chi connectivity index (χ4n) is 2.03. The van der Waals surface area contributed by atoms with Crippen molar-refractivity contribution >= 4 is 15.9 Å². The zero-order valence-electron chi connectivity index (χ0n) is 12.3. The molecule has 0 aromatic carbocycles. The summed E-state index contributed by atoms with van der Waals surface area (Å²) in [6.07, 6.45) is 0. The van der Waals surface area contributed by atoms with Gasteiger partial charge in [-0.3, -0.25) is 4.90 Å². The molecule has 0 aliphatic rings. The second-order valence-electron chi connectivity index (χ2n) is 4.32. The molecular formula is C14H25BrN2O3. The summed E-state index contributed by atoms with van der Waals surface area (Å²) in [5.74, 6) is 0.868. The number of halogens is 1. The molecule has 20 heavy (non-hydrogen) atoms. The quantitative estimate of drug-likeness (QED) is 0.622. The molecule has 1 aromatic rings. The first-order valence-electron chi connectivity index (χ1n) is 7.07. The molecular weight excluding hydrogens is 324 g/mol. The third-order valence-corrected chi connectivity index (χ3v) is 3.47. The molecule has 1 heterocycles. The average molecular weight is 349 g/mol.